The van der Waals surface area contributed by atoms with Crippen molar-refractivity contribution in [1.29, 1.82) is 5.26 Å². The van der Waals surface area contributed by atoms with Crippen molar-refractivity contribution in [2.24, 2.45) is 0 Å². The first-order valence-electron chi connectivity index (χ1n) is 9.24. The molecule has 0 amide bonds. The van der Waals surface area contributed by atoms with Gasteiger partial charge in [-0.1, -0.05) is 20.8 Å². The van der Waals surface area contributed by atoms with Gasteiger partial charge in [0.1, 0.15) is 17.7 Å². The van der Waals surface area contributed by atoms with Gasteiger partial charge in [0.25, 0.3) is 5.89 Å². The van der Waals surface area contributed by atoms with Gasteiger partial charge in [0, 0.05) is 37.8 Å². The third kappa shape index (κ3) is 3.43. The van der Waals surface area contributed by atoms with Gasteiger partial charge < -0.3 is 18.6 Å². The summed E-state index contributed by atoms with van der Waals surface area (Å²) in [6.45, 7) is 9.26. The first kappa shape index (κ1) is 18.0. The topological polar surface area (TPSA) is 95.2 Å². The molecule has 1 fully saturated rings. The van der Waals surface area contributed by atoms with Crippen LogP contribution in [0.15, 0.2) is 39.5 Å². The Balaban J connectivity index is 1.50. The van der Waals surface area contributed by atoms with Crippen LogP contribution in [0.5, 0.6) is 0 Å². The molecule has 28 heavy (non-hydrogen) atoms. The molecule has 0 aliphatic carbocycles. The highest BCUT2D eigenvalue weighted by Crippen LogP contribution is 2.29. The molecule has 0 spiro atoms. The molecule has 1 aliphatic heterocycles. The molecule has 8 nitrogen and oxygen atoms in total. The second-order valence-corrected chi connectivity index (χ2v) is 7.72. The Labute approximate surface area is 163 Å². The summed E-state index contributed by atoms with van der Waals surface area (Å²) >= 11 is 0. The van der Waals surface area contributed by atoms with E-state index in [1.807, 2.05) is 17.2 Å². The van der Waals surface area contributed by atoms with E-state index < -0.39 is 0 Å². The quantitative estimate of drug-likeness (QED) is 0.685. The summed E-state index contributed by atoms with van der Waals surface area (Å²) in [4.78, 5) is 17.7. The average Bonchev–Trinajstić information content (AvgIpc) is 3.37. The SMILES string of the molecule is CC(C)(C)c1nccc(N2CCN(c3oc(-c4ccco4)nc3C#N)CC2)n1. The summed E-state index contributed by atoms with van der Waals surface area (Å²) in [5.41, 5.74) is 0.179. The number of piperazine rings is 1. The fourth-order valence-electron chi connectivity index (χ4n) is 3.13. The number of oxazole rings is 1. The van der Waals surface area contributed by atoms with E-state index in [4.69, 9.17) is 13.8 Å². The largest absolute Gasteiger partial charge is 0.459 e. The minimum absolute atomic E-state index is 0.0956. The maximum atomic E-state index is 9.44. The van der Waals surface area contributed by atoms with Gasteiger partial charge in [0.05, 0.1) is 6.26 Å². The number of nitrogens with zero attached hydrogens (tertiary/aromatic N) is 6. The molecule has 8 heteroatoms. The van der Waals surface area contributed by atoms with Crippen molar-refractivity contribution in [3.05, 3.63) is 42.2 Å². The van der Waals surface area contributed by atoms with Crippen molar-refractivity contribution in [2.75, 3.05) is 36.0 Å². The number of anilines is 2. The van der Waals surface area contributed by atoms with Crippen molar-refractivity contribution in [3.63, 3.8) is 0 Å². The van der Waals surface area contributed by atoms with Crippen LogP contribution in [0.1, 0.15) is 32.3 Å². The van der Waals surface area contributed by atoms with Gasteiger partial charge in [-0.2, -0.15) is 10.2 Å². The lowest BCUT2D eigenvalue weighted by atomic mass is 9.96. The Kier molecular flexibility index (Phi) is 4.51. The Morgan fingerprint density at radius 2 is 1.82 bits per heavy atom. The molecule has 3 aromatic heterocycles. The summed E-state index contributed by atoms with van der Waals surface area (Å²) in [5, 5.41) is 9.44. The van der Waals surface area contributed by atoms with Crippen LogP contribution < -0.4 is 9.80 Å². The van der Waals surface area contributed by atoms with E-state index in [9.17, 15) is 5.26 Å². The predicted molar refractivity (Wildman–Crippen MR) is 104 cm³/mol. The van der Waals surface area contributed by atoms with Crippen LogP contribution >= 0.6 is 0 Å². The van der Waals surface area contributed by atoms with Crippen molar-refractivity contribution in [2.45, 2.75) is 26.2 Å². The molecule has 0 saturated carbocycles. The number of hydrogen-bond donors (Lipinski definition) is 0. The summed E-state index contributed by atoms with van der Waals surface area (Å²) < 4.78 is 11.2. The van der Waals surface area contributed by atoms with E-state index >= 15 is 0 Å². The fraction of sp³-hybridized carbons (Fsp3) is 0.400. The van der Waals surface area contributed by atoms with Crippen LogP contribution in [0.3, 0.4) is 0 Å². The predicted octanol–water partition coefficient (Wildman–Crippen LogP) is 3.22. The van der Waals surface area contributed by atoms with Gasteiger partial charge in [-0.25, -0.2) is 9.97 Å². The van der Waals surface area contributed by atoms with Crippen molar-refractivity contribution in [1.82, 2.24) is 15.0 Å². The number of furan rings is 1. The molecule has 144 valence electrons. The lowest BCUT2D eigenvalue weighted by Gasteiger charge is -2.35. The van der Waals surface area contributed by atoms with Crippen LogP contribution in [-0.4, -0.2) is 41.1 Å². The van der Waals surface area contributed by atoms with E-state index in [2.05, 4.69) is 41.7 Å². The Morgan fingerprint density at radius 1 is 1.07 bits per heavy atom. The number of hydrogen-bond acceptors (Lipinski definition) is 8. The Morgan fingerprint density at radius 3 is 2.46 bits per heavy atom. The minimum atomic E-state index is -0.0956. The normalized spacial score (nSPS) is 14.9. The zero-order valence-electron chi connectivity index (χ0n) is 16.2. The van der Waals surface area contributed by atoms with E-state index in [0.717, 1.165) is 24.7 Å². The van der Waals surface area contributed by atoms with E-state index in [-0.39, 0.29) is 11.1 Å². The molecule has 0 unspecified atom stereocenters. The van der Waals surface area contributed by atoms with Crippen LogP contribution in [0.4, 0.5) is 11.7 Å². The molecule has 0 radical (unpaired) electrons. The van der Waals surface area contributed by atoms with Crippen molar-refractivity contribution >= 4 is 11.7 Å². The molecule has 4 rings (SSSR count). The maximum absolute atomic E-state index is 9.44. The highest BCUT2D eigenvalue weighted by molar-refractivity contribution is 5.56. The highest BCUT2D eigenvalue weighted by atomic mass is 16.4. The van der Waals surface area contributed by atoms with Crippen molar-refractivity contribution in [3.8, 4) is 17.7 Å². The molecule has 0 N–H and O–H groups in total. The molecule has 1 saturated heterocycles. The lowest BCUT2D eigenvalue weighted by molar-refractivity contribution is 0.499. The molecule has 0 aromatic carbocycles. The van der Waals surface area contributed by atoms with Crippen LogP contribution in [-0.2, 0) is 5.41 Å². The first-order chi connectivity index (χ1) is 13.5. The minimum Gasteiger partial charge on any atom is -0.459 e. The van der Waals surface area contributed by atoms with Crippen molar-refractivity contribution < 1.29 is 8.83 Å². The van der Waals surface area contributed by atoms with Gasteiger partial charge in [-0.15, -0.1) is 0 Å². The standard InChI is InChI=1S/C20H22N6O2/c1-20(2,3)19-22-7-6-16(24-19)25-8-10-26(11-9-25)18-14(13-21)23-17(28-18)15-5-4-12-27-15/h4-7,12H,8-11H2,1-3H3. The summed E-state index contributed by atoms with van der Waals surface area (Å²) in [5.74, 6) is 3.08. The summed E-state index contributed by atoms with van der Waals surface area (Å²) in [6.07, 6.45) is 3.37. The van der Waals surface area contributed by atoms with Gasteiger partial charge in [-0.05, 0) is 18.2 Å². The van der Waals surface area contributed by atoms with E-state index in [1.165, 1.54) is 0 Å². The molecule has 0 atom stereocenters. The molecular weight excluding hydrogens is 356 g/mol. The maximum Gasteiger partial charge on any atom is 0.266 e. The zero-order valence-corrected chi connectivity index (χ0v) is 16.2. The summed E-state index contributed by atoms with van der Waals surface area (Å²) in [7, 11) is 0. The zero-order chi connectivity index (χ0) is 19.7. The van der Waals surface area contributed by atoms with Crippen LogP contribution in [0.2, 0.25) is 0 Å². The third-order valence-corrected chi connectivity index (χ3v) is 4.65. The van der Waals surface area contributed by atoms with Gasteiger partial charge in [0.15, 0.2) is 5.76 Å². The molecule has 3 aromatic rings. The average molecular weight is 378 g/mol. The highest BCUT2D eigenvalue weighted by Gasteiger charge is 2.26. The Hall–Kier alpha value is -3.34. The molecule has 1 aliphatic rings. The Bertz CT molecular complexity index is 989. The third-order valence-electron chi connectivity index (χ3n) is 4.65. The second kappa shape index (κ2) is 7.00. The van der Waals surface area contributed by atoms with Crippen LogP contribution in [0.25, 0.3) is 11.7 Å². The van der Waals surface area contributed by atoms with Gasteiger partial charge >= 0.3 is 0 Å². The smallest absolute Gasteiger partial charge is 0.266 e. The second-order valence-electron chi connectivity index (χ2n) is 7.72. The molecular formula is C20H22N6O2. The van der Waals surface area contributed by atoms with Crippen LogP contribution in [0, 0.1) is 11.3 Å². The number of aromatic nitrogens is 3. The van der Waals surface area contributed by atoms with E-state index in [1.54, 1.807) is 18.4 Å². The van der Waals surface area contributed by atoms with Gasteiger partial charge in [-0.3, -0.25) is 0 Å². The van der Waals surface area contributed by atoms with E-state index in [0.29, 0.717) is 30.6 Å². The number of rotatable bonds is 3. The first-order valence-corrected chi connectivity index (χ1v) is 9.24. The number of nitriles is 1. The monoisotopic (exact) mass is 378 g/mol. The fourth-order valence-corrected chi connectivity index (χ4v) is 3.13. The van der Waals surface area contributed by atoms with Gasteiger partial charge in [0.2, 0.25) is 11.6 Å². The molecule has 0 bridgehead atoms. The lowest BCUT2D eigenvalue weighted by Crippen LogP contribution is -2.47. The molecule has 4 heterocycles. The summed E-state index contributed by atoms with van der Waals surface area (Å²) in [6, 6.07) is 7.58.